The number of hydrogen-bond acceptors (Lipinski definition) is 5. The number of esters is 1. The minimum Gasteiger partial charge on any atom is -0.465 e. The molecule has 1 atom stereocenters. The first-order chi connectivity index (χ1) is 11.6. The summed E-state index contributed by atoms with van der Waals surface area (Å²) in [6.07, 6.45) is 5.18. The van der Waals surface area contributed by atoms with E-state index < -0.39 is 16.9 Å². The van der Waals surface area contributed by atoms with Gasteiger partial charge in [0, 0.05) is 16.5 Å². The summed E-state index contributed by atoms with van der Waals surface area (Å²) >= 11 is 1.31. The third-order valence-electron chi connectivity index (χ3n) is 3.36. The third-order valence-corrected chi connectivity index (χ3v) is 6.33. The van der Waals surface area contributed by atoms with Gasteiger partial charge in [0.1, 0.15) is 0 Å². The summed E-state index contributed by atoms with van der Waals surface area (Å²) in [5.74, 6) is -0.374. The Labute approximate surface area is 145 Å². The van der Waals surface area contributed by atoms with Gasteiger partial charge in [-0.3, -0.25) is 0 Å². The van der Waals surface area contributed by atoms with E-state index in [9.17, 15) is 9.59 Å². The summed E-state index contributed by atoms with van der Waals surface area (Å²) in [7, 11) is 0.284. The van der Waals surface area contributed by atoms with Crippen molar-refractivity contribution in [3.05, 3.63) is 58.3 Å². The third kappa shape index (κ3) is 2.93. The SMILES string of the molecule is COC(=O)C1=CC=C[SH]1c1ccccc1N(C(N)=O)c1nccs1. The van der Waals surface area contributed by atoms with E-state index in [-0.39, 0.29) is 5.97 Å². The molecule has 24 heavy (non-hydrogen) atoms. The molecule has 124 valence electrons. The molecule has 2 N–H and O–H groups in total. The van der Waals surface area contributed by atoms with Gasteiger partial charge >= 0.3 is 12.0 Å². The highest BCUT2D eigenvalue weighted by atomic mass is 32.2. The number of rotatable bonds is 4. The molecule has 0 aliphatic carbocycles. The Hall–Kier alpha value is -2.58. The molecule has 1 aromatic carbocycles. The normalized spacial score (nSPS) is 17.4. The van der Waals surface area contributed by atoms with E-state index in [0.717, 1.165) is 4.90 Å². The predicted molar refractivity (Wildman–Crippen MR) is 96.8 cm³/mol. The summed E-state index contributed by atoms with van der Waals surface area (Å²) in [5.41, 5.74) is 6.20. The number of carbonyl (C=O) groups is 2. The number of para-hydroxylation sites is 1. The number of nitrogens with zero attached hydrogens (tertiary/aromatic N) is 2. The molecule has 0 radical (unpaired) electrons. The Kier molecular flexibility index (Phi) is 4.68. The molecular weight excluding hydrogens is 346 g/mol. The Morgan fingerprint density at radius 2 is 2.12 bits per heavy atom. The smallest absolute Gasteiger partial charge is 0.343 e. The average Bonchev–Trinajstić information content (AvgIpc) is 3.26. The van der Waals surface area contributed by atoms with Gasteiger partial charge in [-0.2, -0.15) is 10.9 Å². The van der Waals surface area contributed by atoms with Gasteiger partial charge in [0.2, 0.25) is 0 Å². The van der Waals surface area contributed by atoms with Crippen LogP contribution in [0.3, 0.4) is 0 Å². The minimum absolute atomic E-state index is 0.374. The zero-order valence-corrected chi connectivity index (χ0v) is 14.5. The summed E-state index contributed by atoms with van der Waals surface area (Å²) < 4.78 is 4.86. The number of benzene rings is 1. The fraction of sp³-hybridized carbons (Fsp3) is 0.0625. The quantitative estimate of drug-likeness (QED) is 0.646. The molecule has 2 amide bonds. The van der Waals surface area contributed by atoms with Crippen LogP contribution in [0.25, 0.3) is 0 Å². The molecule has 2 aromatic rings. The molecule has 6 nitrogen and oxygen atoms in total. The van der Waals surface area contributed by atoms with Crippen molar-refractivity contribution in [2.24, 2.45) is 5.73 Å². The van der Waals surface area contributed by atoms with Gasteiger partial charge in [-0.05, 0) is 23.6 Å². The number of anilines is 2. The van der Waals surface area contributed by atoms with Gasteiger partial charge < -0.3 is 10.5 Å². The van der Waals surface area contributed by atoms with Gasteiger partial charge in [-0.25, -0.2) is 19.5 Å². The van der Waals surface area contributed by atoms with Crippen LogP contribution in [0, 0.1) is 0 Å². The van der Waals surface area contributed by atoms with E-state index in [1.807, 2.05) is 29.7 Å². The number of aromatic nitrogens is 1. The number of nitrogens with two attached hydrogens (primary N) is 1. The first-order valence-corrected chi connectivity index (χ1v) is 9.26. The lowest BCUT2D eigenvalue weighted by Gasteiger charge is -2.25. The van der Waals surface area contributed by atoms with Crippen molar-refractivity contribution in [2.75, 3.05) is 12.0 Å². The fourth-order valence-corrected chi connectivity index (χ4v) is 5.06. The second kappa shape index (κ2) is 6.90. The van der Waals surface area contributed by atoms with Crippen LogP contribution in [-0.2, 0) is 9.53 Å². The highest BCUT2D eigenvalue weighted by molar-refractivity contribution is 8.24. The van der Waals surface area contributed by atoms with E-state index in [1.165, 1.54) is 23.3 Å². The molecule has 0 bridgehead atoms. The number of hydrogen-bond donors (Lipinski definition) is 2. The van der Waals surface area contributed by atoms with Crippen molar-refractivity contribution < 1.29 is 14.3 Å². The maximum absolute atomic E-state index is 12.0. The maximum Gasteiger partial charge on any atom is 0.343 e. The molecule has 1 aliphatic heterocycles. The number of urea groups is 1. The number of thiazole rings is 1. The lowest BCUT2D eigenvalue weighted by atomic mass is 10.3. The molecule has 2 heterocycles. The topological polar surface area (TPSA) is 85.5 Å². The van der Waals surface area contributed by atoms with Crippen LogP contribution >= 0.6 is 22.2 Å². The number of methoxy groups -OCH3 is 1. The largest absolute Gasteiger partial charge is 0.465 e. The number of amides is 2. The number of allylic oxidation sites excluding steroid dienone is 2. The lowest BCUT2D eigenvalue weighted by Crippen LogP contribution is -2.31. The Bertz CT molecular complexity index is 831. The second-order valence-corrected chi connectivity index (χ2v) is 7.61. The highest BCUT2D eigenvalue weighted by Gasteiger charge is 2.27. The molecular formula is C16H15N3O3S2. The van der Waals surface area contributed by atoms with Crippen molar-refractivity contribution in [1.82, 2.24) is 4.98 Å². The van der Waals surface area contributed by atoms with Crippen LogP contribution in [-0.4, -0.2) is 24.1 Å². The molecule has 3 rings (SSSR count). The average molecular weight is 361 g/mol. The first kappa shape index (κ1) is 16.3. The Morgan fingerprint density at radius 1 is 1.33 bits per heavy atom. The second-order valence-electron chi connectivity index (χ2n) is 4.73. The highest BCUT2D eigenvalue weighted by Crippen LogP contribution is 2.53. The molecule has 8 heteroatoms. The van der Waals surface area contributed by atoms with Crippen LogP contribution in [0.4, 0.5) is 15.6 Å². The molecule has 1 aromatic heterocycles. The van der Waals surface area contributed by atoms with Crippen molar-refractivity contribution in [2.45, 2.75) is 4.90 Å². The standard InChI is InChI=1S/C16H15N3O3S2/c1-22-14(20)13-7-4-10-24(13)12-6-3-2-5-11(12)19(15(17)21)16-18-8-9-23-16/h2-10,24H,1H3,(H2,17,21). The van der Waals surface area contributed by atoms with Crippen molar-refractivity contribution in [3.8, 4) is 0 Å². The van der Waals surface area contributed by atoms with Gasteiger partial charge in [0.05, 0.1) is 17.7 Å². The molecule has 0 fully saturated rings. The van der Waals surface area contributed by atoms with Gasteiger partial charge in [0.15, 0.2) is 5.13 Å². The molecule has 1 unspecified atom stereocenters. The van der Waals surface area contributed by atoms with Crippen molar-refractivity contribution in [3.63, 3.8) is 0 Å². The summed E-state index contributed by atoms with van der Waals surface area (Å²) in [5, 5.41) is 4.20. The molecule has 0 saturated heterocycles. The summed E-state index contributed by atoms with van der Waals surface area (Å²) in [4.78, 5) is 31.0. The van der Waals surface area contributed by atoms with E-state index in [0.29, 0.717) is 15.7 Å². The molecule has 1 aliphatic rings. The van der Waals surface area contributed by atoms with Gasteiger partial charge in [-0.15, -0.1) is 11.3 Å². The first-order valence-electron chi connectivity index (χ1n) is 6.97. The monoisotopic (exact) mass is 361 g/mol. The van der Waals surface area contributed by atoms with Gasteiger partial charge in [0.25, 0.3) is 0 Å². The van der Waals surface area contributed by atoms with Crippen LogP contribution < -0.4 is 10.6 Å². The molecule has 0 saturated carbocycles. The Morgan fingerprint density at radius 3 is 2.79 bits per heavy atom. The number of carbonyl (C=O) groups excluding carboxylic acids is 2. The van der Waals surface area contributed by atoms with Crippen LogP contribution in [0.1, 0.15) is 0 Å². The summed E-state index contributed by atoms with van der Waals surface area (Å²) in [6.45, 7) is 0. The molecule has 0 spiro atoms. The van der Waals surface area contributed by atoms with Crippen LogP contribution in [0.15, 0.2) is 63.2 Å². The minimum atomic E-state index is -1.07. The Balaban J connectivity index is 2.08. The zero-order chi connectivity index (χ0) is 17.1. The summed E-state index contributed by atoms with van der Waals surface area (Å²) in [6, 6.07) is 6.74. The zero-order valence-electron chi connectivity index (χ0n) is 12.7. The fourth-order valence-electron chi connectivity index (χ4n) is 2.36. The predicted octanol–water partition coefficient (Wildman–Crippen LogP) is 3.30. The number of primary amides is 1. The van der Waals surface area contributed by atoms with E-state index in [2.05, 4.69) is 4.98 Å². The lowest BCUT2D eigenvalue weighted by molar-refractivity contribution is -0.135. The van der Waals surface area contributed by atoms with Crippen molar-refractivity contribution >= 4 is 45.1 Å². The van der Waals surface area contributed by atoms with E-state index in [4.69, 9.17) is 10.5 Å². The van der Waals surface area contributed by atoms with Crippen LogP contribution in [0.2, 0.25) is 0 Å². The van der Waals surface area contributed by atoms with E-state index >= 15 is 0 Å². The van der Waals surface area contributed by atoms with Crippen LogP contribution in [0.5, 0.6) is 0 Å². The number of ether oxygens (including phenoxy) is 1. The van der Waals surface area contributed by atoms with E-state index in [1.54, 1.807) is 23.7 Å². The maximum atomic E-state index is 12.0. The van der Waals surface area contributed by atoms with Crippen molar-refractivity contribution in [1.29, 1.82) is 0 Å². The van der Waals surface area contributed by atoms with Gasteiger partial charge in [-0.1, -0.05) is 18.2 Å². The number of thiol groups is 1.